The summed E-state index contributed by atoms with van der Waals surface area (Å²) >= 11 is 0. The number of rotatable bonds is 4. The van der Waals surface area contributed by atoms with E-state index >= 15 is 0 Å². The second kappa shape index (κ2) is 7.29. The zero-order valence-corrected chi connectivity index (χ0v) is 13.7. The Balaban J connectivity index is 2.26. The molecule has 1 N–H and O–H groups in total. The fourth-order valence-corrected chi connectivity index (χ4v) is 2.80. The third kappa shape index (κ3) is 3.40. The molecule has 1 aliphatic heterocycles. The van der Waals surface area contributed by atoms with Crippen LogP contribution in [-0.4, -0.2) is 47.9 Å². The Hall–Kier alpha value is -2.04. The van der Waals surface area contributed by atoms with E-state index in [4.69, 9.17) is 0 Å². The van der Waals surface area contributed by atoms with Gasteiger partial charge in [-0.3, -0.25) is 4.79 Å². The van der Waals surface area contributed by atoms with E-state index in [1.807, 2.05) is 37.8 Å². The van der Waals surface area contributed by atoms with Crippen LogP contribution >= 0.6 is 0 Å². The predicted molar refractivity (Wildman–Crippen MR) is 88.3 cm³/mol. The first-order valence-corrected chi connectivity index (χ1v) is 8.03. The molecule has 5 nitrogen and oxygen atoms in total. The van der Waals surface area contributed by atoms with Gasteiger partial charge in [-0.1, -0.05) is 12.1 Å². The van der Waals surface area contributed by atoms with Crippen LogP contribution in [0.15, 0.2) is 18.2 Å². The minimum Gasteiger partial charge on any atom is -0.339 e. The van der Waals surface area contributed by atoms with Gasteiger partial charge in [0, 0.05) is 26.2 Å². The van der Waals surface area contributed by atoms with Crippen molar-refractivity contribution >= 4 is 17.6 Å². The van der Waals surface area contributed by atoms with Gasteiger partial charge in [-0.25, -0.2) is 4.79 Å². The highest BCUT2D eigenvalue weighted by atomic mass is 16.2. The Kier molecular flexibility index (Phi) is 5.41. The van der Waals surface area contributed by atoms with Crippen molar-refractivity contribution in [2.75, 3.05) is 31.5 Å². The smallest absolute Gasteiger partial charge is 0.321 e. The minimum absolute atomic E-state index is 0.0102. The SMILES string of the molecule is CCN(CC)C(=O)Nc1c(C)cccc1C(=O)N1CCCC1. The van der Waals surface area contributed by atoms with Gasteiger partial charge >= 0.3 is 6.03 Å². The van der Waals surface area contributed by atoms with Crippen molar-refractivity contribution < 1.29 is 9.59 Å². The lowest BCUT2D eigenvalue weighted by molar-refractivity contribution is 0.0794. The summed E-state index contributed by atoms with van der Waals surface area (Å²) in [6.07, 6.45) is 2.11. The van der Waals surface area contributed by atoms with Crippen LogP contribution in [0, 0.1) is 6.92 Å². The van der Waals surface area contributed by atoms with Crippen LogP contribution in [0.4, 0.5) is 10.5 Å². The molecule has 5 heteroatoms. The van der Waals surface area contributed by atoms with Crippen LogP contribution in [0.3, 0.4) is 0 Å². The van der Waals surface area contributed by atoms with Gasteiger partial charge in [0.1, 0.15) is 0 Å². The third-order valence-corrected chi connectivity index (χ3v) is 4.18. The van der Waals surface area contributed by atoms with Crippen LogP contribution in [0.25, 0.3) is 0 Å². The molecule has 1 saturated heterocycles. The standard InChI is InChI=1S/C17H25N3O2/c1-4-19(5-2)17(22)18-15-13(3)9-8-10-14(15)16(21)20-11-6-7-12-20/h8-10H,4-7,11-12H2,1-3H3,(H,18,22). The third-order valence-electron chi connectivity index (χ3n) is 4.18. The molecule has 120 valence electrons. The molecule has 0 aliphatic carbocycles. The molecule has 0 unspecified atom stereocenters. The number of aryl methyl sites for hydroxylation is 1. The number of carbonyl (C=O) groups is 2. The summed E-state index contributed by atoms with van der Waals surface area (Å²) in [5.41, 5.74) is 2.13. The van der Waals surface area contributed by atoms with Gasteiger partial charge in [0.25, 0.3) is 5.91 Å². The monoisotopic (exact) mass is 303 g/mol. The van der Waals surface area contributed by atoms with Crippen LogP contribution in [0.1, 0.15) is 42.6 Å². The second-order valence-corrected chi connectivity index (χ2v) is 5.60. The Morgan fingerprint density at radius 2 is 1.82 bits per heavy atom. The van der Waals surface area contributed by atoms with Crippen molar-refractivity contribution in [1.29, 1.82) is 0 Å². The second-order valence-electron chi connectivity index (χ2n) is 5.60. The largest absolute Gasteiger partial charge is 0.339 e. The van der Waals surface area contributed by atoms with Crippen molar-refractivity contribution in [1.82, 2.24) is 9.80 Å². The molecule has 1 heterocycles. The molecule has 0 radical (unpaired) electrons. The van der Waals surface area contributed by atoms with Crippen LogP contribution in [0.2, 0.25) is 0 Å². The van der Waals surface area contributed by atoms with Crippen LogP contribution < -0.4 is 5.32 Å². The van der Waals surface area contributed by atoms with Gasteiger partial charge in [-0.2, -0.15) is 0 Å². The van der Waals surface area contributed by atoms with Crippen molar-refractivity contribution in [3.05, 3.63) is 29.3 Å². The molecular weight excluding hydrogens is 278 g/mol. The summed E-state index contributed by atoms with van der Waals surface area (Å²) in [4.78, 5) is 28.6. The lowest BCUT2D eigenvalue weighted by atomic mass is 10.1. The molecule has 1 aromatic rings. The first-order chi connectivity index (χ1) is 10.6. The Morgan fingerprint density at radius 3 is 2.41 bits per heavy atom. The normalized spacial score (nSPS) is 14.0. The van der Waals surface area contributed by atoms with Gasteiger partial charge in [-0.15, -0.1) is 0 Å². The number of nitrogens with one attached hydrogen (secondary N) is 1. The summed E-state index contributed by atoms with van der Waals surface area (Å²) in [7, 11) is 0. The molecule has 0 spiro atoms. The molecule has 3 amide bonds. The highest BCUT2D eigenvalue weighted by molar-refractivity contribution is 6.04. The quantitative estimate of drug-likeness (QED) is 0.929. The fraction of sp³-hybridized carbons (Fsp3) is 0.529. The Morgan fingerprint density at radius 1 is 1.18 bits per heavy atom. The first-order valence-electron chi connectivity index (χ1n) is 8.03. The maximum absolute atomic E-state index is 12.7. The molecule has 1 aromatic carbocycles. The van der Waals surface area contributed by atoms with E-state index in [0.717, 1.165) is 31.5 Å². The molecule has 0 aromatic heterocycles. The number of urea groups is 1. The number of hydrogen-bond donors (Lipinski definition) is 1. The number of para-hydroxylation sites is 1. The van der Waals surface area contributed by atoms with Gasteiger partial charge in [0.2, 0.25) is 0 Å². The van der Waals surface area contributed by atoms with Gasteiger partial charge in [0.15, 0.2) is 0 Å². The molecule has 1 aliphatic rings. The number of benzene rings is 1. The maximum atomic E-state index is 12.7. The molecule has 2 rings (SSSR count). The summed E-state index contributed by atoms with van der Waals surface area (Å²) in [6.45, 7) is 8.69. The van der Waals surface area contributed by atoms with Crippen molar-refractivity contribution in [2.24, 2.45) is 0 Å². The summed E-state index contributed by atoms with van der Waals surface area (Å²) in [6, 6.07) is 5.42. The van der Waals surface area contributed by atoms with E-state index in [1.165, 1.54) is 0 Å². The van der Waals surface area contributed by atoms with E-state index in [9.17, 15) is 9.59 Å². The van der Waals surface area contributed by atoms with E-state index in [0.29, 0.717) is 24.3 Å². The number of hydrogen-bond acceptors (Lipinski definition) is 2. The van der Waals surface area contributed by atoms with E-state index < -0.39 is 0 Å². The van der Waals surface area contributed by atoms with Crippen molar-refractivity contribution in [3.8, 4) is 0 Å². The Labute approximate surface area is 132 Å². The summed E-state index contributed by atoms with van der Waals surface area (Å²) < 4.78 is 0. The number of carbonyl (C=O) groups excluding carboxylic acids is 2. The highest BCUT2D eigenvalue weighted by Gasteiger charge is 2.23. The fourth-order valence-electron chi connectivity index (χ4n) is 2.80. The Bertz CT molecular complexity index is 547. The molecule has 0 bridgehead atoms. The van der Waals surface area contributed by atoms with Gasteiger partial charge in [0.05, 0.1) is 11.3 Å². The van der Waals surface area contributed by atoms with E-state index in [1.54, 1.807) is 11.0 Å². The minimum atomic E-state index is -0.158. The maximum Gasteiger partial charge on any atom is 0.321 e. The molecule has 1 fully saturated rings. The average Bonchev–Trinajstić information content (AvgIpc) is 3.04. The number of likely N-dealkylation sites (tertiary alicyclic amines) is 1. The molecule has 0 saturated carbocycles. The predicted octanol–water partition coefficient (Wildman–Crippen LogP) is 3.10. The average molecular weight is 303 g/mol. The highest BCUT2D eigenvalue weighted by Crippen LogP contribution is 2.24. The lowest BCUT2D eigenvalue weighted by Crippen LogP contribution is -2.36. The van der Waals surface area contributed by atoms with E-state index in [2.05, 4.69) is 5.32 Å². The number of amides is 3. The van der Waals surface area contributed by atoms with Gasteiger partial charge < -0.3 is 15.1 Å². The zero-order valence-electron chi connectivity index (χ0n) is 13.7. The van der Waals surface area contributed by atoms with Crippen LogP contribution in [0.5, 0.6) is 0 Å². The first kappa shape index (κ1) is 16.3. The molecular formula is C17H25N3O2. The van der Waals surface area contributed by atoms with Crippen LogP contribution in [-0.2, 0) is 0 Å². The van der Waals surface area contributed by atoms with Gasteiger partial charge in [-0.05, 0) is 45.2 Å². The van der Waals surface area contributed by atoms with E-state index in [-0.39, 0.29) is 11.9 Å². The summed E-state index contributed by atoms with van der Waals surface area (Å²) in [5.74, 6) is 0.0102. The molecule has 0 atom stereocenters. The number of anilines is 1. The topological polar surface area (TPSA) is 52.7 Å². The lowest BCUT2D eigenvalue weighted by Gasteiger charge is -2.23. The zero-order chi connectivity index (χ0) is 16.1. The number of nitrogens with zero attached hydrogens (tertiary/aromatic N) is 2. The van der Waals surface area contributed by atoms with Crippen molar-refractivity contribution in [3.63, 3.8) is 0 Å². The molecule has 22 heavy (non-hydrogen) atoms. The summed E-state index contributed by atoms with van der Waals surface area (Å²) in [5, 5.41) is 2.92. The van der Waals surface area contributed by atoms with Crippen molar-refractivity contribution in [2.45, 2.75) is 33.6 Å².